The molecule has 1 aliphatic rings. The number of hydrogen-bond acceptors (Lipinski definition) is 3. The fourth-order valence-corrected chi connectivity index (χ4v) is 4.45. The van der Waals surface area contributed by atoms with Gasteiger partial charge < -0.3 is 5.32 Å². The van der Waals surface area contributed by atoms with E-state index in [1.54, 1.807) is 36.4 Å². The molecule has 29 heavy (non-hydrogen) atoms. The van der Waals surface area contributed by atoms with E-state index in [9.17, 15) is 13.2 Å². The van der Waals surface area contributed by atoms with Gasteiger partial charge in [-0.15, -0.1) is 0 Å². The van der Waals surface area contributed by atoms with Crippen molar-refractivity contribution >= 4 is 37.5 Å². The number of sulfonamides is 1. The van der Waals surface area contributed by atoms with Crippen molar-refractivity contribution in [2.75, 3.05) is 17.1 Å². The van der Waals surface area contributed by atoms with E-state index >= 15 is 0 Å². The Bertz CT molecular complexity index is 984. The van der Waals surface area contributed by atoms with Crippen molar-refractivity contribution < 1.29 is 13.2 Å². The van der Waals surface area contributed by atoms with Crippen LogP contribution in [0.1, 0.15) is 41.6 Å². The minimum Gasteiger partial charge on any atom is -0.348 e. The summed E-state index contributed by atoms with van der Waals surface area (Å²) in [5.74, 6) is -0.115. The zero-order chi connectivity index (χ0) is 20.9. The van der Waals surface area contributed by atoms with Gasteiger partial charge in [-0.1, -0.05) is 39.7 Å². The van der Waals surface area contributed by atoms with E-state index in [1.165, 1.54) is 29.0 Å². The van der Waals surface area contributed by atoms with Gasteiger partial charge in [0.2, 0.25) is 10.0 Å². The SMILES string of the molecule is CS(=O)(=O)N(Cc1ccc(C(=O)NCC2=CCCCC2)cc1)c1ccc(Br)cc1. The largest absolute Gasteiger partial charge is 0.348 e. The molecule has 0 bridgehead atoms. The molecule has 0 radical (unpaired) electrons. The highest BCUT2D eigenvalue weighted by Crippen LogP contribution is 2.23. The number of halogens is 1. The van der Waals surface area contributed by atoms with Crippen LogP contribution >= 0.6 is 15.9 Å². The third-order valence-electron chi connectivity index (χ3n) is 4.92. The molecule has 0 heterocycles. The van der Waals surface area contributed by atoms with Gasteiger partial charge >= 0.3 is 0 Å². The van der Waals surface area contributed by atoms with Crippen molar-refractivity contribution in [1.82, 2.24) is 5.32 Å². The molecule has 5 nitrogen and oxygen atoms in total. The number of nitrogens with one attached hydrogen (secondary N) is 1. The maximum atomic E-state index is 12.4. The number of hydrogen-bond donors (Lipinski definition) is 1. The van der Waals surface area contributed by atoms with E-state index in [-0.39, 0.29) is 12.5 Å². The van der Waals surface area contributed by atoms with Crippen LogP contribution in [0.3, 0.4) is 0 Å². The van der Waals surface area contributed by atoms with Crippen LogP contribution in [0.4, 0.5) is 5.69 Å². The molecule has 0 unspecified atom stereocenters. The Hall–Kier alpha value is -2.12. The van der Waals surface area contributed by atoms with Crippen LogP contribution in [0.25, 0.3) is 0 Å². The second-order valence-electron chi connectivity index (χ2n) is 7.23. The number of amides is 1. The third-order valence-corrected chi connectivity index (χ3v) is 6.59. The summed E-state index contributed by atoms with van der Waals surface area (Å²) < 4.78 is 26.8. The van der Waals surface area contributed by atoms with Gasteiger partial charge in [0.05, 0.1) is 18.5 Å². The second kappa shape index (κ2) is 9.59. The predicted molar refractivity (Wildman–Crippen MR) is 120 cm³/mol. The summed E-state index contributed by atoms with van der Waals surface area (Å²) in [6, 6.07) is 14.2. The molecule has 0 saturated heterocycles. The molecule has 0 atom stereocenters. The fourth-order valence-electron chi connectivity index (χ4n) is 3.30. The first-order chi connectivity index (χ1) is 13.8. The van der Waals surface area contributed by atoms with E-state index < -0.39 is 10.0 Å². The van der Waals surface area contributed by atoms with Crippen molar-refractivity contribution in [3.8, 4) is 0 Å². The third kappa shape index (κ3) is 6.18. The Morgan fingerprint density at radius 3 is 2.34 bits per heavy atom. The normalized spacial score (nSPS) is 14.2. The van der Waals surface area contributed by atoms with Crippen LogP contribution in [0, 0.1) is 0 Å². The van der Waals surface area contributed by atoms with Gasteiger partial charge in [-0.05, 0) is 67.6 Å². The van der Waals surface area contributed by atoms with E-state index in [2.05, 4.69) is 27.3 Å². The summed E-state index contributed by atoms with van der Waals surface area (Å²) in [5, 5.41) is 2.97. The van der Waals surface area contributed by atoms with Crippen molar-refractivity contribution in [1.29, 1.82) is 0 Å². The Morgan fingerprint density at radius 1 is 1.07 bits per heavy atom. The van der Waals surface area contributed by atoms with E-state index in [4.69, 9.17) is 0 Å². The predicted octanol–water partition coefficient (Wildman–Crippen LogP) is 4.65. The van der Waals surface area contributed by atoms with Crippen molar-refractivity contribution in [2.24, 2.45) is 0 Å². The lowest BCUT2D eigenvalue weighted by Crippen LogP contribution is -2.29. The highest BCUT2D eigenvalue weighted by atomic mass is 79.9. The summed E-state index contributed by atoms with van der Waals surface area (Å²) >= 11 is 3.36. The number of carbonyl (C=O) groups is 1. The minimum absolute atomic E-state index is 0.115. The minimum atomic E-state index is -3.44. The molecule has 0 aliphatic heterocycles. The van der Waals surface area contributed by atoms with Crippen LogP contribution in [0.15, 0.2) is 64.7 Å². The zero-order valence-electron chi connectivity index (χ0n) is 16.4. The first kappa shape index (κ1) is 21.6. The fraction of sp³-hybridized carbons (Fsp3) is 0.318. The van der Waals surface area contributed by atoms with Crippen LogP contribution in [0.5, 0.6) is 0 Å². The van der Waals surface area contributed by atoms with Crippen molar-refractivity contribution in [2.45, 2.75) is 32.2 Å². The van der Waals surface area contributed by atoms with E-state index in [0.717, 1.165) is 22.9 Å². The van der Waals surface area contributed by atoms with Gasteiger partial charge in [0.15, 0.2) is 0 Å². The standard InChI is InChI=1S/C22H25BrN2O3S/c1-29(27,28)25(21-13-11-20(23)12-14-21)16-18-7-9-19(10-8-18)22(26)24-15-17-5-3-2-4-6-17/h5,7-14H,2-4,6,15-16H2,1H3,(H,24,26). The zero-order valence-corrected chi connectivity index (χ0v) is 18.8. The van der Waals surface area contributed by atoms with Gasteiger partial charge in [0.25, 0.3) is 5.91 Å². The molecular weight excluding hydrogens is 452 g/mol. The van der Waals surface area contributed by atoms with Crippen molar-refractivity contribution in [3.63, 3.8) is 0 Å². The molecule has 1 amide bonds. The molecule has 154 valence electrons. The average Bonchev–Trinajstić information content (AvgIpc) is 2.71. The monoisotopic (exact) mass is 476 g/mol. The lowest BCUT2D eigenvalue weighted by molar-refractivity contribution is 0.0956. The Balaban J connectivity index is 1.67. The van der Waals surface area contributed by atoms with Crippen LogP contribution in [-0.4, -0.2) is 27.1 Å². The first-order valence-electron chi connectivity index (χ1n) is 9.61. The lowest BCUT2D eigenvalue weighted by Gasteiger charge is -2.22. The molecule has 0 aromatic heterocycles. The number of rotatable bonds is 7. The van der Waals surface area contributed by atoms with Crippen LogP contribution in [0.2, 0.25) is 0 Å². The number of allylic oxidation sites excluding steroid dienone is 1. The number of anilines is 1. The molecule has 1 aliphatic carbocycles. The quantitative estimate of drug-likeness (QED) is 0.591. The number of nitrogens with zero attached hydrogens (tertiary/aromatic N) is 1. The van der Waals surface area contributed by atoms with Gasteiger partial charge in [0, 0.05) is 16.6 Å². The van der Waals surface area contributed by atoms with E-state index in [0.29, 0.717) is 17.8 Å². The molecular formula is C22H25BrN2O3S. The summed E-state index contributed by atoms with van der Waals surface area (Å²) in [4.78, 5) is 12.4. The van der Waals surface area contributed by atoms with Gasteiger partial charge in [-0.25, -0.2) is 8.42 Å². The molecule has 0 fully saturated rings. The number of benzene rings is 2. The summed E-state index contributed by atoms with van der Waals surface area (Å²) in [5.41, 5.74) is 3.27. The summed E-state index contributed by atoms with van der Waals surface area (Å²) in [6.45, 7) is 0.793. The first-order valence-corrected chi connectivity index (χ1v) is 12.3. The van der Waals surface area contributed by atoms with Gasteiger partial charge in [-0.3, -0.25) is 9.10 Å². The summed E-state index contributed by atoms with van der Waals surface area (Å²) in [6.07, 6.45) is 7.96. The highest BCUT2D eigenvalue weighted by molar-refractivity contribution is 9.10. The smallest absolute Gasteiger partial charge is 0.251 e. The lowest BCUT2D eigenvalue weighted by atomic mass is 9.99. The van der Waals surface area contributed by atoms with Crippen molar-refractivity contribution in [3.05, 3.63) is 75.8 Å². The van der Waals surface area contributed by atoms with E-state index in [1.807, 2.05) is 12.1 Å². The second-order valence-corrected chi connectivity index (χ2v) is 10.1. The average molecular weight is 477 g/mol. The molecule has 3 rings (SSSR count). The molecule has 7 heteroatoms. The van der Waals surface area contributed by atoms with Gasteiger partial charge in [-0.2, -0.15) is 0 Å². The molecule has 0 saturated carbocycles. The van der Waals surface area contributed by atoms with Crippen LogP contribution in [-0.2, 0) is 16.6 Å². The molecule has 0 spiro atoms. The van der Waals surface area contributed by atoms with Crippen LogP contribution < -0.4 is 9.62 Å². The molecule has 1 N–H and O–H groups in total. The topological polar surface area (TPSA) is 66.5 Å². The summed E-state index contributed by atoms with van der Waals surface area (Å²) in [7, 11) is -3.44. The highest BCUT2D eigenvalue weighted by Gasteiger charge is 2.18. The molecule has 2 aromatic rings. The Kier molecular flexibility index (Phi) is 7.14. The maximum Gasteiger partial charge on any atom is 0.251 e. The van der Waals surface area contributed by atoms with Gasteiger partial charge in [0.1, 0.15) is 0 Å². The maximum absolute atomic E-state index is 12.4. The Morgan fingerprint density at radius 2 is 1.76 bits per heavy atom. The molecule has 2 aromatic carbocycles. The number of carbonyl (C=O) groups excluding carboxylic acids is 1. The Labute approximate surface area is 181 Å².